The largest absolute Gasteiger partial charge is 0.427 e. The zero-order valence-corrected chi connectivity index (χ0v) is 14.6. The summed E-state index contributed by atoms with van der Waals surface area (Å²) in [6.45, 7) is 3.96. The van der Waals surface area contributed by atoms with E-state index in [4.69, 9.17) is 4.74 Å². The topological polar surface area (TPSA) is 81.5 Å². The number of nitrogens with zero attached hydrogens (tertiary/aromatic N) is 3. The van der Waals surface area contributed by atoms with Gasteiger partial charge in [-0.3, -0.25) is 19.0 Å². The lowest BCUT2D eigenvalue weighted by molar-refractivity contribution is -0.132. The molecule has 3 rings (SSSR count). The molecule has 0 saturated heterocycles. The molecule has 7 nitrogen and oxygen atoms in total. The highest BCUT2D eigenvalue weighted by Crippen LogP contribution is 2.28. The molecule has 2 amide bonds. The number of carbonyl (C=O) groups is 3. The van der Waals surface area contributed by atoms with Crippen molar-refractivity contribution in [3.63, 3.8) is 0 Å². The number of anilines is 1. The van der Waals surface area contributed by atoms with Gasteiger partial charge in [0.1, 0.15) is 5.75 Å². The summed E-state index contributed by atoms with van der Waals surface area (Å²) in [6, 6.07) is 14.1. The number of imidazole rings is 1. The number of carbonyl (C=O) groups excluding carboxylic acids is 3. The van der Waals surface area contributed by atoms with Gasteiger partial charge in [0.2, 0.25) is 17.8 Å². The molecule has 0 atom stereocenters. The van der Waals surface area contributed by atoms with Crippen molar-refractivity contribution in [2.24, 2.45) is 0 Å². The van der Waals surface area contributed by atoms with Gasteiger partial charge in [-0.25, -0.2) is 9.88 Å². The lowest BCUT2D eigenvalue weighted by Crippen LogP contribution is -2.35. The second-order valence-electron chi connectivity index (χ2n) is 5.70. The summed E-state index contributed by atoms with van der Waals surface area (Å²) in [5, 5.41) is 0. The van der Waals surface area contributed by atoms with Crippen molar-refractivity contribution >= 4 is 34.8 Å². The molecule has 26 heavy (non-hydrogen) atoms. The van der Waals surface area contributed by atoms with Crippen molar-refractivity contribution in [3.8, 4) is 11.4 Å². The van der Waals surface area contributed by atoms with Crippen LogP contribution in [0, 0.1) is 0 Å². The van der Waals surface area contributed by atoms with E-state index in [1.165, 1.54) is 20.8 Å². The SMILES string of the molecule is CC(=O)Oc1ccc(-n2c(N(C(C)=O)C(C)=O)nc3ccccc32)cc1. The van der Waals surface area contributed by atoms with Crippen LogP contribution in [0.3, 0.4) is 0 Å². The number of ether oxygens (including phenoxy) is 1. The summed E-state index contributed by atoms with van der Waals surface area (Å²) in [7, 11) is 0. The van der Waals surface area contributed by atoms with E-state index in [0.717, 1.165) is 10.4 Å². The van der Waals surface area contributed by atoms with Gasteiger partial charge in [-0.2, -0.15) is 0 Å². The molecule has 7 heteroatoms. The third-order valence-corrected chi connectivity index (χ3v) is 3.73. The molecule has 0 saturated carbocycles. The molecule has 0 fully saturated rings. The van der Waals surface area contributed by atoms with Gasteiger partial charge in [-0.1, -0.05) is 12.1 Å². The number of hydrogen-bond donors (Lipinski definition) is 0. The maximum Gasteiger partial charge on any atom is 0.308 e. The summed E-state index contributed by atoms with van der Waals surface area (Å²) < 4.78 is 6.76. The molecule has 3 aromatic rings. The molecule has 0 bridgehead atoms. The summed E-state index contributed by atoms with van der Waals surface area (Å²) >= 11 is 0. The molecule has 0 N–H and O–H groups in total. The van der Waals surface area contributed by atoms with E-state index in [-0.39, 0.29) is 5.95 Å². The van der Waals surface area contributed by atoms with Gasteiger partial charge in [0.25, 0.3) is 0 Å². The fourth-order valence-electron chi connectivity index (χ4n) is 2.75. The molecule has 0 radical (unpaired) electrons. The third-order valence-electron chi connectivity index (χ3n) is 3.73. The first-order chi connectivity index (χ1) is 12.4. The van der Waals surface area contributed by atoms with Crippen LogP contribution in [0.5, 0.6) is 5.75 Å². The highest BCUT2D eigenvalue weighted by atomic mass is 16.5. The molecule has 0 aliphatic heterocycles. The smallest absolute Gasteiger partial charge is 0.308 e. The number of benzene rings is 2. The maximum atomic E-state index is 12.0. The van der Waals surface area contributed by atoms with Crippen LogP contribution in [0.2, 0.25) is 0 Å². The molecule has 1 heterocycles. The number of aromatic nitrogens is 2. The Morgan fingerprint density at radius 2 is 1.54 bits per heavy atom. The molecule has 0 unspecified atom stereocenters. The van der Waals surface area contributed by atoms with E-state index in [2.05, 4.69) is 4.98 Å². The Hall–Kier alpha value is -3.48. The molecule has 0 aliphatic rings. The van der Waals surface area contributed by atoms with Crippen molar-refractivity contribution in [3.05, 3.63) is 48.5 Å². The van der Waals surface area contributed by atoms with Gasteiger partial charge in [0.15, 0.2) is 0 Å². The Balaban J connectivity index is 2.20. The lowest BCUT2D eigenvalue weighted by Gasteiger charge is -2.18. The maximum absolute atomic E-state index is 12.0. The minimum Gasteiger partial charge on any atom is -0.427 e. The highest BCUT2D eigenvalue weighted by Gasteiger charge is 2.24. The monoisotopic (exact) mass is 351 g/mol. The van der Waals surface area contributed by atoms with Gasteiger partial charge in [0.05, 0.1) is 11.0 Å². The molecular formula is C19H17N3O4. The second-order valence-corrected chi connectivity index (χ2v) is 5.70. The highest BCUT2D eigenvalue weighted by molar-refractivity contribution is 6.12. The zero-order valence-electron chi connectivity index (χ0n) is 14.6. The van der Waals surface area contributed by atoms with E-state index >= 15 is 0 Å². The van der Waals surface area contributed by atoms with Crippen molar-refractivity contribution in [2.45, 2.75) is 20.8 Å². The van der Waals surface area contributed by atoms with Crippen LogP contribution < -0.4 is 9.64 Å². The van der Waals surface area contributed by atoms with Gasteiger partial charge in [0, 0.05) is 26.5 Å². The molecule has 0 spiro atoms. The Morgan fingerprint density at radius 1 is 0.923 bits per heavy atom. The van der Waals surface area contributed by atoms with Crippen LogP contribution in [0.25, 0.3) is 16.7 Å². The molecule has 2 aromatic carbocycles. The number of para-hydroxylation sites is 2. The van der Waals surface area contributed by atoms with Gasteiger partial charge < -0.3 is 4.74 Å². The van der Waals surface area contributed by atoms with Gasteiger partial charge >= 0.3 is 5.97 Å². The van der Waals surface area contributed by atoms with Crippen LogP contribution in [-0.4, -0.2) is 27.3 Å². The Labute approximate surface area is 149 Å². The van der Waals surface area contributed by atoms with E-state index in [0.29, 0.717) is 17.0 Å². The van der Waals surface area contributed by atoms with Crippen molar-refractivity contribution in [1.82, 2.24) is 9.55 Å². The average Bonchev–Trinajstić information content (AvgIpc) is 2.93. The minimum absolute atomic E-state index is 0.214. The first-order valence-corrected chi connectivity index (χ1v) is 7.96. The Bertz CT molecular complexity index is 991. The number of fused-ring (bicyclic) bond motifs is 1. The fourth-order valence-corrected chi connectivity index (χ4v) is 2.75. The standard InChI is InChI=1S/C19H17N3O4/c1-12(23)21(13(2)24)19-20-17-6-4-5-7-18(17)22(19)15-8-10-16(11-9-15)26-14(3)25/h4-11H,1-3H3. The number of esters is 1. The molecule has 1 aromatic heterocycles. The number of hydrogen-bond acceptors (Lipinski definition) is 5. The Morgan fingerprint density at radius 3 is 2.12 bits per heavy atom. The summed E-state index contributed by atoms with van der Waals surface area (Å²) in [4.78, 5) is 40.6. The quantitative estimate of drug-likeness (QED) is 0.535. The van der Waals surface area contributed by atoms with Gasteiger partial charge in [-0.15, -0.1) is 0 Å². The lowest BCUT2D eigenvalue weighted by atomic mass is 10.2. The van der Waals surface area contributed by atoms with E-state index in [1.807, 2.05) is 18.2 Å². The Kier molecular flexibility index (Phi) is 4.53. The molecular weight excluding hydrogens is 334 g/mol. The van der Waals surface area contributed by atoms with Gasteiger partial charge in [-0.05, 0) is 36.4 Å². The van der Waals surface area contributed by atoms with Crippen LogP contribution >= 0.6 is 0 Å². The van der Waals surface area contributed by atoms with Crippen molar-refractivity contribution in [1.29, 1.82) is 0 Å². The first-order valence-electron chi connectivity index (χ1n) is 7.96. The van der Waals surface area contributed by atoms with E-state index in [9.17, 15) is 14.4 Å². The third kappa shape index (κ3) is 3.19. The first kappa shape index (κ1) is 17.3. The average molecular weight is 351 g/mol. The van der Waals surface area contributed by atoms with Crippen LogP contribution in [0.15, 0.2) is 48.5 Å². The fraction of sp³-hybridized carbons (Fsp3) is 0.158. The summed E-state index contributed by atoms with van der Waals surface area (Å²) in [5.41, 5.74) is 2.08. The predicted octanol–water partition coefficient (Wildman–Crippen LogP) is 2.85. The number of imide groups is 1. The number of rotatable bonds is 3. The number of amides is 2. The van der Waals surface area contributed by atoms with Crippen LogP contribution in [-0.2, 0) is 14.4 Å². The summed E-state index contributed by atoms with van der Waals surface area (Å²) in [5.74, 6) is -0.643. The second kappa shape index (κ2) is 6.79. The van der Waals surface area contributed by atoms with Crippen LogP contribution in [0.1, 0.15) is 20.8 Å². The summed E-state index contributed by atoms with van der Waals surface area (Å²) in [6.07, 6.45) is 0. The van der Waals surface area contributed by atoms with E-state index in [1.54, 1.807) is 34.9 Å². The molecule has 132 valence electrons. The van der Waals surface area contributed by atoms with Crippen molar-refractivity contribution < 1.29 is 19.1 Å². The zero-order chi connectivity index (χ0) is 18.8. The van der Waals surface area contributed by atoms with E-state index < -0.39 is 17.8 Å². The van der Waals surface area contributed by atoms with Crippen LogP contribution in [0.4, 0.5) is 5.95 Å². The predicted molar refractivity (Wildman–Crippen MR) is 96.2 cm³/mol. The normalized spacial score (nSPS) is 10.6. The minimum atomic E-state index is -0.425. The van der Waals surface area contributed by atoms with Crippen molar-refractivity contribution in [2.75, 3.05) is 4.90 Å². The molecule has 0 aliphatic carbocycles.